The Hall–Kier alpha value is -2.89. The van der Waals surface area contributed by atoms with E-state index in [1.54, 1.807) is 13.8 Å². The lowest BCUT2D eigenvalue weighted by Crippen LogP contribution is -2.29. The summed E-state index contributed by atoms with van der Waals surface area (Å²) in [6.07, 6.45) is 9.45. The Kier molecular flexibility index (Phi) is 8.29. The highest BCUT2D eigenvalue weighted by atomic mass is 35.5. The van der Waals surface area contributed by atoms with Crippen LogP contribution in [0.2, 0.25) is 5.02 Å². The molecule has 0 bridgehead atoms. The van der Waals surface area contributed by atoms with Crippen LogP contribution in [0.25, 0.3) is 0 Å². The van der Waals surface area contributed by atoms with Gasteiger partial charge in [0.15, 0.2) is 20.7 Å². The first kappa shape index (κ1) is 27.7. The summed E-state index contributed by atoms with van der Waals surface area (Å²) >= 11 is 6.40. The molecule has 1 aromatic heterocycles. The minimum Gasteiger partial charge on any atom is -0.488 e. The van der Waals surface area contributed by atoms with Crippen molar-refractivity contribution in [2.45, 2.75) is 75.7 Å². The maximum absolute atomic E-state index is 12.8. The first-order chi connectivity index (χ1) is 18.7. The third-order valence-electron chi connectivity index (χ3n) is 7.07. The van der Waals surface area contributed by atoms with Crippen LogP contribution in [0.1, 0.15) is 63.9 Å². The van der Waals surface area contributed by atoms with Gasteiger partial charge in [-0.15, -0.1) is 0 Å². The molecule has 12 heteroatoms. The topological polar surface area (TPSA) is 141 Å². The molecular formula is C27H36ClN7O3S. The van der Waals surface area contributed by atoms with Gasteiger partial charge in [0.2, 0.25) is 5.95 Å². The maximum Gasteiger partial charge on any atom is 0.229 e. The van der Waals surface area contributed by atoms with E-state index in [0.29, 0.717) is 5.92 Å². The molecule has 2 heterocycles. The van der Waals surface area contributed by atoms with Crippen molar-refractivity contribution in [3.63, 3.8) is 0 Å². The number of halogens is 1. The number of piperidine rings is 1. The Balaban J connectivity index is 1.39. The molecule has 0 unspecified atom stereocenters. The van der Waals surface area contributed by atoms with E-state index < -0.39 is 20.1 Å². The van der Waals surface area contributed by atoms with Gasteiger partial charge in [0, 0.05) is 12.2 Å². The molecule has 10 nitrogen and oxygen atoms in total. The first-order valence-electron chi connectivity index (χ1n) is 13.6. The number of hydrogen-bond acceptors (Lipinski definition) is 10. The average molecular weight is 574 g/mol. The zero-order chi connectivity index (χ0) is 27.6. The van der Waals surface area contributed by atoms with Crippen LogP contribution >= 0.6 is 11.6 Å². The molecule has 0 radical (unpaired) electrons. The molecule has 210 valence electrons. The van der Waals surface area contributed by atoms with Crippen LogP contribution < -0.4 is 26.0 Å². The van der Waals surface area contributed by atoms with E-state index in [1.165, 1.54) is 18.0 Å². The number of benzene rings is 1. The van der Waals surface area contributed by atoms with Crippen LogP contribution in [0.4, 0.5) is 17.5 Å². The number of ether oxygens (including phenoxy) is 1. The van der Waals surface area contributed by atoms with Gasteiger partial charge in [-0.1, -0.05) is 17.7 Å². The summed E-state index contributed by atoms with van der Waals surface area (Å²) in [6.45, 7) is 5.13. The number of hydrogen-bond donors (Lipinski definition) is 5. The number of nitrogens with zero attached hydrogens (tertiary/aromatic N) is 2. The van der Waals surface area contributed by atoms with Crippen molar-refractivity contribution >= 4 is 43.9 Å². The van der Waals surface area contributed by atoms with E-state index >= 15 is 0 Å². The lowest BCUT2D eigenvalue weighted by Gasteiger charge is -2.24. The summed E-state index contributed by atoms with van der Waals surface area (Å²) in [4.78, 5) is 8.85. The third-order valence-corrected chi connectivity index (χ3v) is 9.38. The number of sulfone groups is 1. The lowest BCUT2D eigenvalue weighted by atomic mass is 9.90. The van der Waals surface area contributed by atoms with Crippen molar-refractivity contribution in [3.8, 4) is 5.75 Å². The number of rotatable bonds is 11. The monoisotopic (exact) mass is 573 g/mol. The van der Waals surface area contributed by atoms with Gasteiger partial charge in [0.1, 0.15) is 10.8 Å². The minimum absolute atomic E-state index is 0.0752. The zero-order valence-corrected chi connectivity index (χ0v) is 23.8. The lowest BCUT2D eigenvalue weighted by molar-refractivity contribution is 0.304. The van der Waals surface area contributed by atoms with Crippen molar-refractivity contribution < 1.29 is 13.2 Å². The molecular weight excluding hydrogens is 538 g/mol. The van der Waals surface area contributed by atoms with E-state index in [4.69, 9.17) is 21.7 Å². The number of aromatic nitrogens is 2. The molecule has 2 aromatic rings. The second-order valence-corrected chi connectivity index (χ2v) is 13.5. The summed E-state index contributed by atoms with van der Waals surface area (Å²) in [6, 6.07) is 6.51. The van der Waals surface area contributed by atoms with Crippen molar-refractivity contribution in [2.75, 3.05) is 23.7 Å². The van der Waals surface area contributed by atoms with E-state index in [1.807, 2.05) is 6.07 Å². The SMILES string of the molecule is CC(C)S(=O)(=O)C(=N)/C(=C\NC1CC1)Nc1nc(Nc2ccc(C3CCNCC3)cc2OC2CC2)ncc1Cl. The Morgan fingerprint density at radius 2 is 1.92 bits per heavy atom. The fourth-order valence-corrected chi connectivity index (χ4v) is 5.30. The fraction of sp³-hybridized carbons (Fsp3) is 0.519. The molecule has 1 saturated heterocycles. The van der Waals surface area contributed by atoms with Gasteiger partial charge < -0.3 is 26.0 Å². The second-order valence-electron chi connectivity index (χ2n) is 10.7. The molecule has 0 spiro atoms. The van der Waals surface area contributed by atoms with Gasteiger partial charge in [-0.25, -0.2) is 13.4 Å². The van der Waals surface area contributed by atoms with E-state index in [2.05, 4.69) is 43.4 Å². The zero-order valence-electron chi connectivity index (χ0n) is 22.3. The molecule has 5 rings (SSSR count). The van der Waals surface area contributed by atoms with Gasteiger partial charge in [0.25, 0.3) is 0 Å². The third kappa shape index (κ3) is 7.01. The molecule has 1 aromatic carbocycles. The summed E-state index contributed by atoms with van der Waals surface area (Å²) in [5, 5.41) is 20.1. The minimum atomic E-state index is -3.83. The molecule has 3 aliphatic rings. The van der Waals surface area contributed by atoms with E-state index in [-0.39, 0.29) is 34.6 Å². The molecule has 1 aliphatic heterocycles. The normalized spacial score (nSPS) is 18.6. The van der Waals surface area contributed by atoms with E-state index in [9.17, 15) is 8.42 Å². The summed E-state index contributed by atoms with van der Waals surface area (Å²) in [5.41, 5.74) is 2.08. The molecule has 5 N–H and O–H groups in total. The maximum atomic E-state index is 12.8. The molecule has 0 amide bonds. The highest BCUT2D eigenvalue weighted by molar-refractivity contribution is 8.07. The number of anilines is 3. The van der Waals surface area contributed by atoms with Crippen molar-refractivity contribution in [2.24, 2.45) is 0 Å². The first-order valence-corrected chi connectivity index (χ1v) is 15.5. The Bertz CT molecular complexity index is 1350. The van der Waals surface area contributed by atoms with Crippen LogP contribution in [-0.2, 0) is 9.84 Å². The molecule has 39 heavy (non-hydrogen) atoms. The second kappa shape index (κ2) is 11.7. The standard InChI is InChI=1S/C27H36ClN7O3S/c1-16(2)39(36,37)25(29)23(15-31-19-4-5-19)33-26-21(28)14-32-27(35-26)34-22-8-3-18(17-9-11-30-12-10-17)13-24(22)38-20-6-7-20/h3,8,13-17,19-20,29-31H,4-7,9-12H2,1-2H3,(H2,32,33,34,35)/b23-15+,29-25?. The van der Waals surface area contributed by atoms with Crippen LogP contribution in [0.15, 0.2) is 36.3 Å². The van der Waals surface area contributed by atoms with Crippen LogP contribution in [0.3, 0.4) is 0 Å². The highest BCUT2D eigenvalue weighted by Gasteiger charge is 2.29. The fourth-order valence-electron chi connectivity index (χ4n) is 4.28. The van der Waals surface area contributed by atoms with E-state index in [0.717, 1.165) is 63.1 Å². The van der Waals surface area contributed by atoms with Gasteiger partial charge in [0.05, 0.1) is 28.9 Å². The van der Waals surface area contributed by atoms with Gasteiger partial charge in [-0.2, -0.15) is 4.98 Å². The predicted molar refractivity (Wildman–Crippen MR) is 155 cm³/mol. The Morgan fingerprint density at radius 1 is 1.18 bits per heavy atom. The largest absolute Gasteiger partial charge is 0.488 e. The van der Waals surface area contributed by atoms with Crippen LogP contribution in [-0.4, -0.2) is 53.9 Å². The number of nitrogens with one attached hydrogen (secondary N) is 5. The summed E-state index contributed by atoms with van der Waals surface area (Å²) in [5.74, 6) is 1.72. The molecule has 0 atom stereocenters. The summed E-state index contributed by atoms with van der Waals surface area (Å²) < 4.78 is 31.8. The van der Waals surface area contributed by atoms with Crippen LogP contribution in [0.5, 0.6) is 5.75 Å². The predicted octanol–water partition coefficient (Wildman–Crippen LogP) is 4.69. The van der Waals surface area contributed by atoms with Gasteiger partial charge in [-0.05, 0) is 89.1 Å². The average Bonchev–Trinajstić information content (AvgIpc) is 3.86. The van der Waals surface area contributed by atoms with Crippen molar-refractivity contribution in [1.82, 2.24) is 20.6 Å². The molecule has 3 fully saturated rings. The Morgan fingerprint density at radius 3 is 2.59 bits per heavy atom. The summed E-state index contributed by atoms with van der Waals surface area (Å²) in [7, 11) is -3.83. The van der Waals surface area contributed by atoms with Crippen molar-refractivity contribution in [3.05, 3.63) is 46.9 Å². The van der Waals surface area contributed by atoms with Gasteiger partial charge >= 0.3 is 0 Å². The Labute approximate surface area is 234 Å². The van der Waals surface area contributed by atoms with Gasteiger partial charge in [-0.3, -0.25) is 5.41 Å². The smallest absolute Gasteiger partial charge is 0.229 e. The highest BCUT2D eigenvalue weighted by Crippen LogP contribution is 2.37. The quantitative estimate of drug-likeness (QED) is 0.191. The van der Waals surface area contributed by atoms with Crippen LogP contribution in [0, 0.1) is 5.41 Å². The molecule has 2 saturated carbocycles. The molecule has 2 aliphatic carbocycles. The van der Waals surface area contributed by atoms with Crippen molar-refractivity contribution in [1.29, 1.82) is 5.41 Å².